The number of rotatable bonds is 1. The quantitative estimate of drug-likeness (QED) is 0.674. The van der Waals surface area contributed by atoms with E-state index in [2.05, 4.69) is 0 Å². The molecule has 0 aliphatic carbocycles. The molecule has 0 aliphatic heterocycles. The summed E-state index contributed by atoms with van der Waals surface area (Å²) in [5, 5.41) is 28.9. The van der Waals surface area contributed by atoms with Crippen LogP contribution >= 0.6 is 0 Å². The molecular formula is C15H16O3. The van der Waals surface area contributed by atoms with Gasteiger partial charge in [0, 0.05) is 0 Å². The third-order valence-corrected chi connectivity index (χ3v) is 3.10. The maximum absolute atomic E-state index is 9.74. The second-order valence-corrected chi connectivity index (χ2v) is 4.62. The Morgan fingerprint density at radius 2 is 1.00 bits per heavy atom. The van der Waals surface area contributed by atoms with Crippen molar-refractivity contribution in [2.45, 2.75) is 20.8 Å². The van der Waals surface area contributed by atoms with Crippen LogP contribution in [0, 0.1) is 20.8 Å². The highest BCUT2D eigenvalue weighted by Gasteiger charge is 2.09. The highest BCUT2D eigenvalue weighted by molar-refractivity contribution is 5.71. The minimum Gasteiger partial charge on any atom is -0.507 e. The first kappa shape index (κ1) is 12.3. The lowest BCUT2D eigenvalue weighted by Crippen LogP contribution is -1.86. The third kappa shape index (κ3) is 1.99. The molecule has 0 radical (unpaired) electrons. The molecule has 0 saturated heterocycles. The van der Waals surface area contributed by atoms with Gasteiger partial charge in [-0.25, -0.2) is 0 Å². The maximum Gasteiger partial charge on any atom is 0.160 e. The molecule has 0 fully saturated rings. The van der Waals surface area contributed by atoms with Crippen LogP contribution in [0.5, 0.6) is 17.2 Å². The normalized spacial score (nSPS) is 10.6. The zero-order valence-corrected chi connectivity index (χ0v) is 10.7. The first-order valence-corrected chi connectivity index (χ1v) is 5.73. The summed E-state index contributed by atoms with van der Waals surface area (Å²) in [6.07, 6.45) is 0. The molecule has 0 atom stereocenters. The van der Waals surface area contributed by atoms with Crippen molar-refractivity contribution in [3.63, 3.8) is 0 Å². The van der Waals surface area contributed by atoms with Crippen molar-refractivity contribution in [1.82, 2.24) is 0 Å². The van der Waals surface area contributed by atoms with E-state index in [1.54, 1.807) is 13.0 Å². The molecule has 0 saturated carbocycles. The van der Waals surface area contributed by atoms with Gasteiger partial charge in [0.05, 0.1) is 0 Å². The minimum absolute atomic E-state index is 0.0917. The van der Waals surface area contributed by atoms with E-state index in [0.717, 1.165) is 22.3 Å². The van der Waals surface area contributed by atoms with Gasteiger partial charge in [0.1, 0.15) is 5.75 Å². The molecule has 94 valence electrons. The predicted octanol–water partition coefficient (Wildman–Crippen LogP) is 3.40. The Hall–Kier alpha value is -2.16. The van der Waals surface area contributed by atoms with Gasteiger partial charge in [-0.15, -0.1) is 0 Å². The monoisotopic (exact) mass is 244 g/mol. The van der Waals surface area contributed by atoms with Crippen LogP contribution in [0.2, 0.25) is 0 Å². The Morgan fingerprint density at radius 1 is 0.611 bits per heavy atom. The highest BCUT2D eigenvalue weighted by atomic mass is 16.3. The molecule has 3 heteroatoms. The van der Waals surface area contributed by atoms with Crippen molar-refractivity contribution < 1.29 is 15.3 Å². The van der Waals surface area contributed by atoms with Gasteiger partial charge in [0.15, 0.2) is 11.5 Å². The maximum atomic E-state index is 9.74. The van der Waals surface area contributed by atoms with Crippen molar-refractivity contribution in [3.05, 3.63) is 41.0 Å². The van der Waals surface area contributed by atoms with Gasteiger partial charge < -0.3 is 15.3 Å². The fourth-order valence-corrected chi connectivity index (χ4v) is 2.05. The number of phenolic OH excluding ortho intramolecular Hbond substituents is 3. The Bertz CT molecular complexity index is 514. The molecule has 0 aliphatic rings. The molecule has 0 aromatic heterocycles. The number of phenols is 3. The summed E-state index contributed by atoms with van der Waals surface area (Å²) in [6.45, 7) is 5.40. The lowest BCUT2D eigenvalue weighted by Gasteiger charge is -2.10. The topological polar surface area (TPSA) is 60.7 Å². The molecule has 0 bridgehead atoms. The first-order chi connectivity index (χ1) is 8.40. The zero-order chi connectivity index (χ0) is 13.4. The van der Waals surface area contributed by atoms with E-state index in [1.807, 2.05) is 26.0 Å². The van der Waals surface area contributed by atoms with E-state index in [-0.39, 0.29) is 11.5 Å². The van der Waals surface area contributed by atoms with Gasteiger partial charge in [-0.1, -0.05) is 0 Å². The summed E-state index contributed by atoms with van der Waals surface area (Å²) in [7, 11) is 0. The van der Waals surface area contributed by atoms with E-state index >= 15 is 0 Å². The lowest BCUT2D eigenvalue weighted by atomic mass is 9.98. The van der Waals surface area contributed by atoms with Gasteiger partial charge >= 0.3 is 0 Å². The van der Waals surface area contributed by atoms with E-state index < -0.39 is 0 Å². The van der Waals surface area contributed by atoms with Gasteiger partial charge in [0.2, 0.25) is 0 Å². The Balaban J connectivity index is 2.63. The fraction of sp³-hybridized carbons (Fsp3) is 0.200. The average molecular weight is 244 g/mol. The number of hydrogen-bond acceptors (Lipinski definition) is 3. The number of aryl methyl sites for hydroxylation is 3. The number of benzene rings is 2. The van der Waals surface area contributed by atoms with Crippen LogP contribution < -0.4 is 0 Å². The summed E-state index contributed by atoms with van der Waals surface area (Å²) in [5.41, 5.74) is 3.91. The summed E-state index contributed by atoms with van der Waals surface area (Å²) < 4.78 is 0. The smallest absolute Gasteiger partial charge is 0.160 e. The molecule has 0 spiro atoms. The van der Waals surface area contributed by atoms with Crippen molar-refractivity contribution >= 4 is 0 Å². The molecule has 3 nitrogen and oxygen atoms in total. The summed E-state index contributed by atoms with van der Waals surface area (Å²) in [5.74, 6) is 0.0674. The zero-order valence-electron chi connectivity index (χ0n) is 10.7. The lowest BCUT2D eigenvalue weighted by molar-refractivity contribution is 0.401. The van der Waals surface area contributed by atoms with Crippen molar-refractivity contribution in [2.24, 2.45) is 0 Å². The number of hydrogen-bond donors (Lipinski definition) is 3. The van der Waals surface area contributed by atoms with E-state index in [9.17, 15) is 15.3 Å². The van der Waals surface area contributed by atoms with Crippen LogP contribution in [0.15, 0.2) is 24.3 Å². The standard InChI is InChI=1S/C15H16O3/c1-8-4-11(5-9(2)14(8)17)12-6-10(3)15(18)13(16)7-12/h4-7,16-18H,1-3H3. The third-order valence-electron chi connectivity index (χ3n) is 3.10. The van der Waals surface area contributed by atoms with Crippen LogP contribution in [0.3, 0.4) is 0 Å². The summed E-state index contributed by atoms with van der Waals surface area (Å²) in [6, 6.07) is 7.04. The Labute approximate surface area is 106 Å². The van der Waals surface area contributed by atoms with Crippen molar-refractivity contribution in [3.8, 4) is 28.4 Å². The van der Waals surface area contributed by atoms with Gasteiger partial charge in [-0.3, -0.25) is 0 Å². The van der Waals surface area contributed by atoms with Gasteiger partial charge in [0.25, 0.3) is 0 Å². The predicted molar refractivity (Wildman–Crippen MR) is 71.1 cm³/mol. The first-order valence-electron chi connectivity index (χ1n) is 5.73. The van der Waals surface area contributed by atoms with Gasteiger partial charge in [-0.2, -0.15) is 0 Å². The number of aromatic hydroxyl groups is 3. The van der Waals surface area contributed by atoms with Crippen molar-refractivity contribution in [2.75, 3.05) is 0 Å². The van der Waals surface area contributed by atoms with Gasteiger partial charge in [-0.05, 0) is 72.9 Å². The Morgan fingerprint density at radius 3 is 1.44 bits per heavy atom. The molecule has 0 unspecified atom stereocenters. The van der Waals surface area contributed by atoms with Crippen LogP contribution in [0.1, 0.15) is 16.7 Å². The Kier molecular flexibility index (Phi) is 2.91. The summed E-state index contributed by atoms with van der Waals surface area (Å²) >= 11 is 0. The minimum atomic E-state index is -0.131. The molecule has 2 aromatic rings. The molecule has 0 heterocycles. The molecule has 3 N–H and O–H groups in total. The molecular weight excluding hydrogens is 228 g/mol. The van der Waals surface area contributed by atoms with E-state index in [0.29, 0.717) is 11.3 Å². The van der Waals surface area contributed by atoms with Crippen LogP contribution in [-0.2, 0) is 0 Å². The van der Waals surface area contributed by atoms with Crippen LogP contribution in [0.25, 0.3) is 11.1 Å². The highest BCUT2D eigenvalue weighted by Crippen LogP contribution is 2.36. The van der Waals surface area contributed by atoms with E-state index in [1.165, 1.54) is 6.07 Å². The van der Waals surface area contributed by atoms with Crippen LogP contribution in [-0.4, -0.2) is 15.3 Å². The molecule has 18 heavy (non-hydrogen) atoms. The van der Waals surface area contributed by atoms with Crippen molar-refractivity contribution in [1.29, 1.82) is 0 Å². The average Bonchev–Trinajstić information content (AvgIpc) is 2.31. The molecule has 2 rings (SSSR count). The van der Waals surface area contributed by atoms with E-state index in [4.69, 9.17) is 0 Å². The largest absolute Gasteiger partial charge is 0.507 e. The molecule has 2 aromatic carbocycles. The summed E-state index contributed by atoms with van der Waals surface area (Å²) in [4.78, 5) is 0. The fourth-order valence-electron chi connectivity index (χ4n) is 2.05. The molecule has 0 amide bonds. The van der Waals surface area contributed by atoms with Crippen LogP contribution in [0.4, 0.5) is 0 Å². The second-order valence-electron chi connectivity index (χ2n) is 4.62. The SMILES string of the molecule is Cc1cc(-c2cc(C)c(O)c(O)c2)cc(C)c1O. The second kappa shape index (κ2) is 4.26.